The first-order valence-electron chi connectivity index (χ1n) is 20.8. The molecule has 1 fully saturated rings. The van der Waals surface area contributed by atoms with Crippen LogP contribution >= 0.6 is 24.4 Å². The number of aromatic nitrogens is 4. The number of pyridine rings is 2. The number of aliphatic imine (C=N–C) groups is 1. The summed E-state index contributed by atoms with van der Waals surface area (Å²) < 4.78 is 7.77. The van der Waals surface area contributed by atoms with Gasteiger partial charge in [-0.1, -0.05) is 26.0 Å². The maximum absolute atomic E-state index is 13.4. The van der Waals surface area contributed by atoms with Crippen LogP contribution in [0.3, 0.4) is 0 Å². The molecule has 1 saturated heterocycles. The highest BCUT2D eigenvalue weighted by atomic mass is 32.1. The SMILES string of the molecule is CCc1cc(=O)n2cc(NC(C)(C)C(=O)OC)cc(C)c2n1.[C-]#[N+]c1ccc(N2C(=O)C(C)(C)N(c3cc(C)c4nc(CC)cc(=O)n4c3)C2=S)cc1C.[C-]#[N+]c1ccc(N=C=S)cc1C. The van der Waals surface area contributed by atoms with Crippen molar-refractivity contribution in [2.24, 2.45) is 4.99 Å². The van der Waals surface area contributed by atoms with Crippen LogP contribution in [0.2, 0.25) is 0 Å². The Kier molecular flexibility index (Phi) is 15.2. The number of fused-ring (bicyclic) bond motifs is 2. The van der Waals surface area contributed by atoms with Crippen LogP contribution in [-0.4, -0.2) is 59.1 Å². The molecule has 15 nitrogen and oxygen atoms in total. The smallest absolute Gasteiger partial charge is 0.330 e. The summed E-state index contributed by atoms with van der Waals surface area (Å²) in [5, 5.41) is 5.69. The zero-order valence-electron chi connectivity index (χ0n) is 38.7. The second kappa shape index (κ2) is 20.2. The largest absolute Gasteiger partial charge is 0.467 e. The van der Waals surface area contributed by atoms with E-state index >= 15 is 0 Å². The first kappa shape index (κ1) is 49.6. The fraction of sp³-hybridized carbons (Fsp3) is 0.306. The lowest BCUT2D eigenvalue weighted by atomic mass is 10.0. The van der Waals surface area contributed by atoms with E-state index in [0.717, 1.165) is 39.3 Å². The quantitative estimate of drug-likeness (QED) is 0.0673. The molecule has 1 aliphatic rings. The summed E-state index contributed by atoms with van der Waals surface area (Å²) in [6.07, 6.45) is 4.73. The van der Waals surface area contributed by atoms with Crippen molar-refractivity contribution in [2.45, 2.75) is 93.2 Å². The zero-order chi connectivity index (χ0) is 48.8. The van der Waals surface area contributed by atoms with Crippen LogP contribution in [0.15, 0.2) is 87.6 Å². The van der Waals surface area contributed by atoms with E-state index in [4.69, 9.17) is 30.1 Å². The van der Waals surface area contributed by atoms with Gasteiger partial charge < -0.3 is 15.0 Å². The van der Waals surface area contributed by atoms with Crippen molar-refractivity contribution in [3.8, 4) is 0 Å². The Hall–Kier alpha value is -7.43. The van der Waals surface area contributed by atoms with Crippen LogP contribution in [0.4, 0.5) is 34.1 Å². The Morgan fingerprint density at radius 2 is 1.32 bits per heavy atom. The molecular weight excluding hydrogens is 873 g/mol. The van der Waals surface area contributed by atoms with Gasteiger partial charge in [0, 0.05) is 41.6 Å². The Balaban J connectivity index is 0.000000207. The lowest BCUT2D eigenvalue weighted by Crippen LogP contribution is -2.44. The Labute approximate surface area is 394 Å². The van der Waals surface area contributed by atoms with E-state index in [1.165, 1.54) is 32.9 Å². The molecule has 338 valence electrons. The zero-order valence-corrected chi connectivity index (χ0v) is 40.4. The molecule has 17 heteroatoms. The molecule has 0 radical (unpaired) electrons. The van der Waals surface area contributed by atoms with Gasteiger partial charge in [0.15, 0.2) is 16.5 Å². The number of hydrogen-bond donors (Lipinski definition) is 1. The number of nitrogens with zero attached hydrogens (tertiary/aromatic N) is 9. The third-order valence-electron chi connectivity index (χ3n) is 10.8. The molecule has 7 rings (SSSR count). The van der Waals surface area contributed by atoms with Crippen LogP contribution < -0.4 is 26.2 Å². The topological polar surface area (TPSA) is 152 Å². The minimum Gasteiger partial charge on any atom is -0.467 e. The van der Waals surface area contributed by atoms with Crippen molar-refractivity contribution in [3.05, 3.63) is 150 Å². The molecule has 0 saturated carbocycles. The average molecular weight is 923 g/mol. The molecule has 0 unspecified atom stereocenters. The van der Waals surface area contributed by atoms with E-state index in [1.807, 2.05) is 73.6 Å². The average Bonchev–Trinajstić information content (AvgIpc) is 3.45. The number of anilines is 3. The molecule has 6 aromatic rings. The number of carbonyl (C=O) groups excluding carboxylic acids is 2. The number of carbonyl (C=O) groups is 2. The van der Waals surface area contributed by atoms with Gasteiger partial charge in [0.05, 0.1) is 42.5 Å². The molecular formula is C49H50N10O5S2. The number of ether oxygens (including phenoxy) is 1. The highest BCUT2D eigenvalue weighted by Crippen LogP contribution is 2.38. The Bertz CT molecular complexity index is 3190. The fourth-order valence-corrected chi connectivity index (χ4v) is 7.91. The van der Waals surface area contributed by atoms with Gasteiger partial charge in [0.25, 0.3) is 17.0 Å². The molecule has 0 spiro atoms. The summed E-state index contributed by atoms with van der Waals surface area (Å²) >= 11 is 10.2. The highest BCUT2D eigenvalue weighted by Gasteiger charge is 2.50. The van der Waals surface area contributed by atoms with Gasteiger partial charge in [0.2, 0.25) is 0 Å². The number of rotatable bonds is 8. The maximum atomic E-state index is 13.4. The van der Waals surface area contributed by atoms with E-state index in [9.17, 15) is 19.2 Å². The van der Waals surface area contributed by atoms with Crippen LogP contribution in [0.1, 0.15) is 75.2 Å². The van der Waals surface area contributed by atoms with Crippen molar-refractivity contribution < 1.29 is 14.3 Å². The Morgan fingerprint density at radius 3 is 1.82 bits per heavy atom. The standard InChI is InChI=1S/C24H23N5O2S.C16H21N3O3.C9H6N2S/c1-7-16-12-20(30)27-13-18(11-15(3)21(27)26-16)29-23(32)28(22(31)24(29,4)5)17-8-9-19(25-6)14(2)10-17;1-6-11-8-13(20)19-9-12(7-10(2)14(19)17-11)18-16(3,4)15(21)22-5;1-7-5-8(11-6-12)3-4-9(7)10-2/h8-13H,7H2,1-5H3;7-9,18H,6H2,1-5H3;3-5H,1H3. The molecule has 0 bridgehead atoms. The lowest BCUT2D eigenvalue weighted by Gasteiger charge is -2.30. The maximum Gasteiger partial charge on any atom is 0.330 e. The third-order valence-corrected chi connectivity index (χ3v) is 11.3. The van der Waals surface area contributed by atoms with Gasteiger partial charge in [0.1, 0.15) is 22.4 Å². The van der Waals surface area contributed by atoms with Crippen LogP contribution in [0.25, 0.3) is 21.0 Å². The van der Waals surface area contributed by atoms with Gasteiger partial charge in [-0.15, -0.1) is 0 Å². The number of nitrogens with one attached hydrogen (secondary N) is 1. The van der Waals surface area contributed by atoms with Gasteiger partial charge in [-0.05, 0) is 151 Å². The molecule has 1 N–H and O–H groups in total. The first-order valence-corrected chi connectivity index (χ1v) is 21.6. The van der Waals surface area contributed by atoms with E-state index in [0.29, 0.717) is 57.7 Å². The van der Waals surface area contributed by atoms with Crippen molar-refractivity contribution >= 4 is 92.0 Å². The number of thiocarbonyl (C=S) groups is 2. The third kappa shape index (κ3) is 10.2. The van der Waals surface area contributed by atoms with Gasteiger partial charge in [-0.2, -0.15) is 4.99 Å². The molecule has 4 aromatic heterocycles. The Morgan fingerprint density at radius 1 is 0.803 bits per heavy atom. The lowest BCUT2D eigenvalue weighted by molar-refractivity contribution is -0.144. The summed E-state index contributed by atoms with van der Waals surface area (Å²) in [5.41, 5.74) is 7.77. The number of benzene rings is 2. The predicted molar refractivity (Wildman–Crippen MR) is 267 cm³/mol. The number of esters is 1. The van der Waals surface area contributed by atoms with E-state index in [1.54, 1.807) is 61.5 Å². The molecule has 5 heterocycles. The van der Waals surface area contributed by atoms with Gasteiger partial charge >= 0.3 is 5.97 Å². The van der Waals surface area contributed by atoms with E-state index in [2.05, 4.69) is 47.3 Å². The number of amides is 1. The monoisotopic (exact) mass is 922 g/mol. The normalized spacial score (nSPS) is 12.9. The predicted octanol–water partition coefficient (Wildman–Crippen LogP) is 9.55. The van der Waals surface area contributed by atoms with Crippen LogP contribution in [-0.2, 0) is 27.2 Å². The van der Waals surface area contributed by atoms with E-state index in [-0.39, 0.29) is 23.0 Å². The number of aryl methyl sites for hydroxylation is 6. The van der Waals surface area contributed by atoms with Crippen molar-refractivity contribution in [2.75, 3.05) is 22.2 Å². The molecule has 1 amide bonds. The van der Waals surface area contributed by atoms with Gasteiger partial charge in [-0.25, -0.2) is 24.5 Å². The first-order chi connectivity index (χ1) is 31.1. The minimum atomic E-state index is -0.968. The molecule has 2 aromatic carbocycles. The fourth-order valence-electron chi connectivity index (χ4n) is 7.28. The number of methoxy groups -OCH3 is 1. The van der Waals surface area contributed by atoms with Crippen LogP contribution in [0, 0.1) is 40.8 Å². The summed E-state index contributed by atoms with van der Waals surface area (Å²) in [6, 6.07) is 17.3. The molecule has 66 heavy (non-hydrogen) atoms. The molecule has 0 atom stereocenters. The summed E-state index contributed by atoms with van der Waals surface area (Å²) in [6.45, 7) is 32.5. The number of hydrogen-bond acceptors (Lipinski definition) is 11. The molecule has 1 aliphatic heterocycles. The number of isothiocyanates is 1. The van der Waals surface area contributed by atoms with Crippen LogP contribution in [0.5, 0.6) is 0 Å². The summed E-state index contributed by atoms with van der Waals surface area (Å²) in [5.74, 6) is -0.556. The van der Waals surface area contributed by atoms with Crippen molar-refractivity contribution in [1.82, 2.24) is 18.8 Å². The summed E-state index contributed by atoms with van der Waals surface area (Å²) in [4.78, 5) is 73.2. The van der Waals surface area contributed by atoms with Crippen molar-refractivity contribution in [1.29, 1.82) is 0 Å². The van der Waals surface area contributed by atoms with Gasteiger partial charge in [-0.3, -0.25) is 28.1 Å². The highest BCUT2D eigenvalue weighted by molar-refractivity contribution is 7.81. The second-order valence-corrected chi connectivity index (χ2v) is 17.0. The second-order valence-electron chi connectivity index (χ2n) is 16.5. The minimum absolute atomic E-state index is 0.135. The van der Waals surface area contributed by atoms with Crippen molar-refractivity contribution in [3.63, 3.8) is 0 Å². The van der Waals surface area contributed by atoms with E-state index < -0.39 is 11.1 Å². The summed E-state index contributed by atoms with van der Waals surface area (Å²) in [7, 11) is 1.35. The molecule has 0 aliphatic carbocycles.